The predicted molar refractivity (Wildman–Crippen MR) is 148 cm³/mol. The zero-order chi connectivity index (χ0) is 26.2. The lowest BCUT2D eigenvalue weighted by Gasteiger charge is -2.28. The molecule has 0 bridgehead atoms. The Labute approximate surface area is 223 Å². The number of carbonyl (C=O) groups excluding carboxylic acids is 1. The standard InChI is InChI=1S/C27H27N7O3S/c1-16(2)37-27(35)17-7-8-22(28-14-17)33(3)23-13-21-24(38-23)26(34-9-11-36-12-10-34)31-25(30-21)18-5-4-6-20-19(18)15-29-32-20/h4-8,13-16H,9-12H2,1-3H3,(H,29,32). The number of ether oxygens (including phenoxy) is 2. The molecule has 38 heavy (non-hydrogen) atoms. The summed E-state index contributed by atoms with van der Waals surface area (Å²) in [7, 11) is 1.95. The van der Waals surface area contributed by atoms with Gasteiger partial charge >= 0.3 is 5.97 Å². The van der Waals surface area contributed by atoms with E-state index in [1.54, 1.807) is 23.6 Å². The van der Waals surface area contributed by atoms with Crippen molar-refractivity contribution < 1.29 is 14.3 Å². The van der Waals surface area contributed by atoms with Gasteiger partial charge in [-0.05, 0) is 38.1 Å². The molecule has 1 saturated heterocycles. The van der Waals surface area contributed by atoms with Gasteiger partial charge in [-0.15, -0.1) is 11.3 Å². The Morgan fingerprint density at radius 2 is 2.00 bits per heavy atom. The number of carbonyl (C=O) groups is 1. The highest BCUT2D eigenvalue weighted by Gasteiger charge is 2.22. The number of aromatic nitrogens is 5. The van der Waals surface area contributed by atoms with Crippen LogP contribution in [0.25, 0.3) is 32.5 Å². The number of morpholine rings is 1. The summed E-state index contributed by atoms with van der Waals surface area (Å²) in [5, 5.41) is 9.18. The van der Waals surface area contributed by atoms with Crippen LogP contribution < -0.4 is 9.80 Å². The zero-order valence-corrected chi connectivity index (χ0v) is 22.2. The number of esters is 1. The molecule has 0 unspecified atom stereocenters. The summed E-state index contributed by atoms with van der Waals surface area (Å²) in [4.78, 5) is 31.0. The summed E-state index contributed by atoms with van der Waals surface area (Å²) in [6.45, 7) is 6.49. The van der Waals surface area contributed by atoms with Crippen molar-refractivity contribution in [3.63, 3.8) is 0 Å². The molecule has 10 nitrogen and oxygen atoms in total. The molecule has 0 spiro atoms. The molecular formula is C27H27N7O3S. The highest BCUT2D eigenvalue weighted by atomic mass is 32.1. The van der Waals surface area contributed by atoms with Crippen molar-refractivity contribution in [2.45, 2.75) is 20.0 Å². The van der Waals surface area contributed by atoms with E-state index < -0.39 is 0 Å². The molecule has 5 aromatic rings. The molecule has 1 aromatic carbocycles. The van der Waals surface area contributed by atoms with Crippen molar-refractivity contribution >= 4 is 55.1 Å². The first kappa shape index (κ1) is 24.3. The fraction of sp³-hybridized carbons (Fsp3) is 0.296. The second kappa shape index (κ2) is 9.99. The molecule has 0 saturated carbocycles. The van der Waals surface area contributed by atoms with E-state index in [1.807, 2.05) is 56.3 Å². The van der Waals surface area contributed by atoms with Gasteiger partial charge in [0.2, 0.25) is 0 Å². The number of anilines is 3. The van der Waals surface area contributed by atoms with Gasteiger partial charge in [-0.2, -0.15) is 5.10 Å². The Kier molecular flexibility index (Phi) is 6.38. The first-order valence-corrected chi connectivity index (χ1v) is 13.3. The Morgan fingerprint density at radius 3 is 2.76 bits per heavy atom. The molecule has 0 radical (unpaired) electrons. The number of benzene rings is 1. The average molecular weight is 530 g/mol. The van der Waals surface area contributed by atoms with Crippen LogP contribution in [0.2, 0.25) is 0 Å². The van der Waals surface area contributed by atoms with Crippen LogP contribution in [-0.2, 0) is 9.47 Å². The molecule has 0 aliphatic carbocycles. The summed E-state index contributed by atoms with van der Waals surface area (Å²) in [5.41, 5.74) is 3.16. The molecule has 11 heteroatoms. The SMILES string of the molecule is CC(C)OC(=O)c1ccc(N(C)c2cc3nc(-c4cccc5[nH]ncc45)nc(N4CCOCC4)c3s2)nc1. The second-order valence-corrected chi connectivity index (χ2v) is 10.4. The number of nitrogens with one attached hydrogen (secondary N) is 1. The van der Waals surface area contributed by atoms with Crippen molar-refractivity contribution in [1.29, 1.82) is 0 Å². The highest BCUT2D eigenvalue weighted by molar-refractivity contribution is 7.23. The lowest BCUT2D eigenvalue weighted by Crippen LogP contribution is -2.36. The molecular weight excluding hydrogens is 502 g/mol. The van der Waals surface area contributed by atoms with E-state index in [4.69, 9.17) is 19.4 Å². The van der Waals surface area contributed by atoms with E-state index in [-0.39, 0.29) is 12.1 Å². The average Bonchev–Trinajstić information content (AvgIpc) is 3.59. The molecule has 5 heterocycles. The van der Waals surface area contributed by atoms with Gasteiger partial charge in [-0.25, -0.2) is 19.7 Å². The van der Waals surface area contributed by atoms with Crippen molar-refractivity contribution in [3.05, 3.63) is 54.4 Å². The molecule has 0 amide bonds. The Morgan fingerprint density at radius 1 is 1.16 bits per heavy atom. The van der Waals surface area contributed by atoms with Gasteiger partial charge < -0.3 is 19.3 Å². The van der Waals surface area contributed by atoms with E-state index in [0.717, 1.165) is 50.6 Å². The Balaban J connectivity index is 1.40. The molecule has 4 aromatic heterocycles. The number of thiophene rings is 1. The number of fused-ring (bicyclic) bond motifs is 2. The second-order valence-electron chi connectivity index (χ2n) is 9.32. The first-order chi connectivity index (χ1) is 18.5. The van der Waals surface area contributed by atoms with Crippen molar-refractivity contribution in [1.82, 2.24) is 25.1 Å². The van der Waals surface area contributed by atoms with E-state index in [2.05, 4.69) is 26.1 Å². The number of aromatic amines is 1. The normalized spacial score (nSPS) is 13.9. The maximum Gasteiger partial charge on any atom is 0.339 e. The minimum absolute atomic E-state index is 0.185. The van der Waals surface area contributed by atoms with Crippen molar-refractivity contribution in [2.75, 3.05) is 43.2 Å². The van der Waals surface area contributed by atoms with Crippen LogP contribution in [0, 0.1) is 0 Å². The number of rotatable bonds is 6. The molecule has 1 N–H and O–H groups in total. The van der Waals surface area contributed by atoms with Gasteiger partial charge in [0, 0.05) is 37.3 Å². The quantitative estimate of drug-likeness (QED) is 0.310. The molecule has 1 fully saturated rings. The van der Waals surface area contributed by atoms with Crippen molar-refractivity contribution in [3.8, 4) is 11.4 Å². The molecule has 1 aliphatic heterocycles. The third-order valence-electron chi connectivity index (χ3n) is 6.38. The minimum atomic E-state index is -0.380. The highest BCUT2D eigenvalue weighted by Crippen LogP contribution is 2.40. The van der Waals surface area contributed by atoms with Crippen LogP contribution in [0.3, 0.4) is 0 Å². The summed E-state index contributed by atoms with van der Waals surface area (Å²) in [6, 6.07) is 11.6. The van der Waals surface area contributed by atoms with Gasteiger partial charge in [-0.1, -0.05) is 12.1 Å². The minimum Gasteiger partial charge on any atom is -0.459 e. The Hall–Kier alpha value is -4.09. The van der Waals surface area contributed by atoms with Crippen molar-refractivity contribution in [2.24, 2.45) is 0 Å². The van der Waals surface area contributed by atoms with E-state index in [1.165, 1.54) is 0 Å². The number of pyridine rings is 1. The molecule has 1 aliphatic rings. The number of hydrogen-bond donors (Lipinski definition) is 1. The number of hydrogen-bond acceptors (Lipinski definition) is 10. The largest absolute Gasteiger partial charge is 0.459 e. The van der Waals surface area contributed by atoms with Crippen LogP contribution >= 0.6 is 11.3 Å². The molecule has 0 atom stereocenters. The van der Waals surface area contributed by atoms with Crippen LogP contribution in [0.15, 0.2) is 48.8 Å². The third-order valence-corrected chi connectivity index (χ3v) is 7.57. The van der Waals surface area contributed by atoms with Gasteiger partial charge in [0.05, 0.1) is 51.8 Å². The summed E-state index contributed by atoms with van der Waals surface area (Å²) >= 11 is 1.62. The topological polar surface area (TPSA) is 109 Å². The summed E-state index contributed by atoms with van der Waals surface area (Å²) < 4.78 is 11.9. The summed E-state index contributed by atoms with van der Waals surface area (Å²) in [6.07, 6.45) is 3.17. The van der Waals surface area contributed by atoms with Gasteiger partial charge in [0.1, 0.15) is 5.82 Å². The van der Waals surface area contributed by atoms with Crippen LogP contribution in [0.1, 0.15) is 24.2 Å². The fourth-order valence-corrected chi connectivity index (χ4v) is 5.53. The predicted octanol–water partition coefficient (Wildman–Crippen LogP) is 4.80. The molecule has 6 rings (SSSR count). The third kappa shape index (κ3) is 4.54. The zero-order valence-electron chi connectivity index (χ0n) is 21.3. The number of nitrogens with zero attached hydrogens (tertiary/aromatic N) is 6. The van der Waals surface area contributed by atoms with E-state index >= 15 is 0 Å². The first-order valence-electron chi connectivity index (χ1n) is 12.5. The monoisotopic (exact) mass is 529 g/mol. The molecule has 194 valence electrons. The maximum absolute atomic E-state index is 12.2. The van der Waals surface area contributed by atoms with E-state index in [0.29, 0.717) is 30.4 Å². The van der Waals surface area contributed by atoms with Crippen LogP contribution in [0.5, 0.6) is 0 Å². The van der Waals surface area contributed by atoms with Crippen LogP contribution in [-0.4, -0.2) is 70.6 Å². The van der Waals surface area contributed by atoms with E-state index in [9.17, 15) is 4.79 Å². The summed E-state index contributed by atoms with van der Waals surface area (Å²) in [5.74, 6) is 1.89. The van der Waals surface area contributed by atoms with Crippen LogP contribution in [0.4, 0.5) is 16.6 Å². The lowest BCUT2D eigenvalue weighted by atomic mass is 10.1. The van der Waals surface area contributed by atoms with Gasteiger partial charge in [-0.3, -0.25) is 5.10 Å². The fourth-order valence-electron chi connectivity index (χ4n) is 4.44. The smallest absolute Gasteiger partial charge is 0.339 e. The number of H-pyrrole nitrogens is 1. The Bertz CT molecular complexity index is 1610. The van der Waals surface area contributed by atoms with Gasteiger partial charge in [0.15, 0.2) is 11.6 Å². The van der Waals surface area contributed by atoms with Gasteiger partial charge in [0.25, 0.3) is 0 Å². The maximum atomic E-state index is 12.2. The lowest BCUT2D eigenvalue weighted by molar-refractivity contribution is 0.0377.